The molecule has 0 unspecified atom stereocenters. The Bertz CT molecular complexity index is 286. The zero-order valence-electron chi connectivity index (χ0n) is 9.92. The number of nitrogens with one attached hydrogen (secondary N) is 1. The first-order valence-corrected chi connectivity index (χ1v) is 5.54. The van der Waals surface area contributed by atoms with Crippen LogP contribution in [0.15, 0.2) is 24.3 Å². The highest BCUT2D eigenvalue weighted by atomic mass is 16.5. The molecule has 0 saturated heterocycles. The van der Waals surface area contributed by atoms with Gasteiger partial charge in [-0.1, -0.05) is 31.2 Å². The van der Waals surface area contributed by atoms with E-state index in [0.29, 0.717) is 6.04 Å². The van der Waals surface area contributed by atoms with Crippen molar-refractivity contribution in [3.05, 3.63) is 35.4 Å². The molecule has 0 aliphatic carbocycles. The summed E-state index contributed by atoms with van der Waals surface area (Å²) in [7, 11) is 1.75. The molecule has 1 aromatic rings. The third kappa shape index (κ3) is 4.02. The molecule has 1 N–H and O–H groups in total. The van der Waals surface area contributed by atoms with Crippen LogP contribution in [-0.2, 0) is 11.3 Å². The second-order valence-electron chi connectivity index (χ2n) is 3.87. The largest absolute Gasteiger partial charge is 0.383 e. The van der Waals surface area contributed by atoms with Crippen LogP contribution in [0.1, 0.15) is 24.5 Å². The van der Waals surface area contributed by atoms with Gasteiger partial charge in [0.1, 0.15) is 0 Å². The van der Waals surface area contributed by atoms with E-state index in [9.17, 15) is 0 Å². The summed E-state index contributed by atoms with van der Waals surface area (Å²) >= 11 is 0. The molecule has 1 rings (SSSR count). The van der Waals surface area contributed by atoms with Crippen LogP contribution >= 0.6 is 0 Å². The Kier molecular flexibility index (Phi) is 5.37. The second-order valence-corrected chi connectivity index (χ2v) is 3.87. The summed E-state index contributed by atoms with van der Waals surface area (Å²) in [5, 5.41) is 3.50. The molecule has 0 fully saturated rings. The van der Waals surface area contributed by atoms with E-state index in [4.69, 9.17) is 4.74 Å². The molecule has 0 bridgehead atoms. The van der Waals surface area contributed by atoms with Crippen molar-refractivity contribution in [2.75, 3.05) is 13.7 Å². The van der Waals surface area contributed by atoms with Gasteiger partial charge in [0.05, 0.1) is 6.61 Å². The van der Waals surface area contributed by atoms with Crippen molar-refractivity contribution in [2.45, 2.75) is 32.9 Å². The standard InChI is InChI=1S/C13H21NO/c1-4-13(10-15-3)14-9-12-8-6-5-7-11(12)2/h5-8,13-14H,4,9-10H2,1-3H3/t13-/m1/s1. The fourth-order valence-corrected chi connectivity index (χ4v) is 1.59. The van der Waals surface area contributed by atoms with Gasteiger partial charge in [0.25, 0.3) is 0 Å². The van der Waals surface area contributed by atoms with Crippen molar-refractivity contribution in [1.29, 1.82) is 0 Å². The predicted molar refractivity (Wildman–Crippen MR) is 64.0 cm³/mol. The SMILES string of the molecule is CC[C@H](COC)NCc1ccccc1C. The van der Waals surface area contributed by atoms with E-state index < -0.39 is 0 Å². The van der Waals surface area contributed by atoms with E-state index in [2.05, 4.69) is 43.4 Å². The van der Waals surface area contributed by atoms with Crippen LogP contribution in [0.2, 0.25) is 0 Å². The summed E-state index contributed by atoms with van der Waals surface area (Å²) < 4.78 is 5.15. The molecule has 84 valence electrons. The van der Waals surface area contributed by atoms with E-state index in [-0.39, 0.29) is 0 Å². The molecule has 0 aromatic heterocycles. The maximum absolute atomic E-state index is 5.15. The summed E-state index contributed by atoms with van der Waals surface area (Å²) in [6.07, 6.45) is 1.10. The molecule has 0 amide bonds. The van der Waals surface area contributed by atoms with Gasteiger partial charge in [-0.05, 0) is 24.5 Å². The predicted octanol–water partition coefficient (Wildman–Crippen LogP) is 2.51. The average Bonchev–Trinajstić information content (AvgIpc) is 2.26. The highest BCUT2D eigenvalue weighted by molar-refractivity contribution is 5.25. The fourth-order valence-electron chi connectivity index (χ4n) is 1.59. The van der Waals surface area contributed by atoms with Gasteiger partial charge in [-0.25, -0.2) is 0 Å². The Morgan fingerprint density at radius 2 is 2.07 bits per heavy atom. The van der Waals surface area contributed by atoms with Crippen LogP contribution in [0.25, 0.3) is 0 Å². The van der Waals surface area contributed by atoms with E-state index >= 15 is 0 Å². The van der Waals surface area contributed by atoms with Crippen LogP contribution in [0.3, 0.4) is 0 Å². The van der Waals surface area contributed by atoms with Crippen molar-refractivity contribution in [3.63, 3.8) is 0 Å². The smallest absolute Gasteiger partial charge is 0.0615 e. The fraction of sp³-hybridized carbons (Fsp3) is 0.538. The lowest BCUT2D eigenvalue weighted by molar-refractivity contribution is 0.164. The molecule has 1 atom stereocenters. The van der Waals surface area contributed by atoms with Crippen molar-refractivity contribution in [3.8, 4) is 0 Å². The van der Waals surface area contributed by atoms with Gasteiger partial charge in [-0.3, -0.25) is 0 Å². The zero-order valence-corrected chi connectivity index (χ0v) is 9.92. The van der Waals surface area contributed by atoms with Gasteiger partial charge < -0.3 is 10.1 Å². The van der Waals surface area contributed by atoms with Crippen LogP contribution in [0.4, 0.5) is 0 Å². The van der Waals surface area contributed by atoms with Crippen molar-refractivity contribution >= 4 is 0 Å². The Balaban J connectivity index is 2.45. The first kappa shape index (κ1) is 12.2. The maximum atomic E-state index is 5.15. The Morgan fingerprint density at radius 3 is 2.67 bits per heavy atom. The molecule has 15 heavy (non-hydrogen) atoms. The van der Waals surface area contributed by atoms with Gasteiger partial charge in [0, 0.05) is 19.7 Å². The number of benzene rings is 1. The molecular weight excluding hydrogens is 186 g/mol. The van der Waals surface area contributed by atoms with Gasteiger partial charge in [-0.2, -0.15) is 0 Å². The lowest BCUT2D eigenvalue weighted by atomic mass is 10.1. The normalized spacial score (nSPS) is 12.7. The third-order valence-electron chi connectivity index (χ3n) is 2.70. The number of ether oxygens (including phenoxy) is 1. The van der Waals surface area contributed by atoms with Crippen LogP contribution in [-0.4, -0.2) is 19.8 Å². The van der Waals surface area contributed by atoms with Crippen LogP contribution < -0.4 is 5.32 Å². The molecular formula is C13H21NO. The number of methoxy groups -OCH3 is 1. The number of aryl methyl sites for hydroxylation is 1. The van der Waals surface area contributed by atoms with E-state index in [1.54, 1.807) is 7.11 Å². The van der Waals surface area contributed by atoms with Gasteiger partial charge in [0.15, 0.2) is 0 Å². The topological polar surface area (TPSA) is 21.3 Å². The Morgan fingerprint density at radius 1 is 1.33 bits per heavy atom. The van der Waals surface area contributed by atoms with E-state index in [0.717, 1.165) is 19.6 Å². The molecule has 2 heteroatoms. The van der Waals surface area contributed by atoms with Crippen molar-refractivity contribution < 1.29 is 4.74 Å². The summed E-state index contributed by atoms with van der Waals surface area (Å²) in [5.74, 6) is 0. The molecule has 0 spiro atoms. The Hall–Kier alpha value is -0.860. The molecule has 0 radical (unpaired) electrons. The monoisotopic (exact) mass is 207 g/mol. The minimum atomic E-state index is 0.453. The van der Waals surface area contributed by atoms with Gasteiger partial charge >= 0.3 is 0 Å². The highest BCUT2D eigenvalue weighted by Gasteiger charge is 2.05. The molecule has 2 nitrogen and oxygen atoms in total. The summed E-state index contributed by atoms with van der Waals surface area (Å²) in [6.45, 7) is 6.03. The zero-order chi connectivity index (χ0) is 11.1. The molecule has 0 saturated carbocycles. The number of rotatable bonds is 6. The molecule has 0 aliphatic rings. The first-order chi connectivity index (χ1) is 7.27. The highest BCUT2D eigenvalue weighted by Crippen LogP contribution is 2.07. The maximum Gasteiger partial charge on any atom is 0.0615 e. The summed E-state index contributed by atoms with van der Waals surface area (Å²) in [6, 6.07) is 8.93. The number of hydrogen-bond donors (Lipinski definition) is 1. The van der Waals surface area contributed by atoms with Gasteiger partial charge in [-0.15, -0.1) is 0 Å². The lowest BCUT2D eigenvalue weighted by Gasteiger charge is -2.16. The second kappa shape index (κ2) is 6.59. The van der Waals surface area contributed by atoms with E-state index in [1.165, 1.54) is 11.1 Å². The van der Waals surface area contributed by atoms with Gasteiger partial charge in [0.2, 0.25) is 0 Å². The minimum Gasteiger partial charge on any atom is -0.383 e. The summed E-state index contributed by atoms with van der Waals surface area (Å²) in [4.78, 5) is 0. The Labute approximate surface area is 92.6 Å². The van der Waals surface area contributed by atoms with E-state index in [1.807, 2.05) is 0 Å². The summed E-state index contributed by atoms with van der Waals surface area (Å²) in [5.41, 5.74) is 2.71. The molecule has 0 aliphatic heterocycles. The molecule has 0 heterocycles. The lowest BCUT2D eigenvalue weighted by Crippen LogP contribution is -2.32. The quantitative estimate of drug-likeness (QED) is 0.774. The molecule has 1 aromatic carbocycles. The minimum absolute atomic E-state index is 0.453. The first-order valence-electron chi connectivity index (χ1n) is 5.54. The third-order valence-corrected chi connectivity index (χ3v) is 2.70. The average molecular weight is 207 g/mol. The number of hydrogen-bond acceptors (Lipinski definition) is 2. The van der Waals surface area contributed by atoms with Crippen molar-refractivity contribution in [2.24, 2.45) is 0 Å². The van der Waals surface area contributed by atoms with Crippen LogP contribution in [0, 0.1) is 6.92 Å². The van der Waals surface area contributed by atoms with Crippen LogP contribution in [0.5, 0.6) is 0 Å². The van der Waals surface area contributed by atoms with Crippen molar-refractivity contribution in [1.82, 2.24) is 5.32 Å².